The summed E-state index contributed by atoms with van der Waals surface area (Å²) in [7, 11) is 11.6. The molecule has 0 spiro atoms. The molecule has 0 atom stereocenters. The Kier molecular flexibility index (Phi) is 25.9. The number of carbonyl (C=O) groups excluding carboxylic acids is 4. The van der Waals surface area contributed by atoms with Crippen LogP contribution in [0.5, 0.6) is 11.5 Å². The van der Waals surface area contributed by atoms with Crippen molar-refractivity contribution in [3.05, 3.63) is 116 Å². The molecule has 4 amide bonds. The number of nitrogens with zero attached hydrogens (tertiary/aromatic N) is 23. The SMILES string of the molecule is CCN1C(=O)c2nc(C)sc2N(CC)c2nc(Nc3ccc(N4CCC(N5CCN(C)CC5)CC4)c(OC)c3)ncc21.CCN1C(=O)c2nc(C)sc2N(CC)c2nc(Nc3ccc(N4CCN(C)CC4)cc3C)ncc21.CCN1c2nc(Nc3ccc(C(=O)N4CCC(N5CCN(C)CC5)CC4)cc3OC)ncc2N(C)C(=O)c2nc(C)sc21. The molecule has 5 fully saturated rings. The third-order valence-electron chi connectivity index (χ3n) is 23.9. The van der Waals surface area contributed by atoms with Crippen molar-refractivity contribution in [1.29, 1.82) is 0 Å². The number of ether oxygens (including phenoxy) is 2. The molecule has 0 unspecified atom stereocenters. The number of nitrogens with one attached hydrogen (secondary N) is 3. The lowest BCUT2D eigenvalue weighted by molar-refractivity contribution is 0.0518. The quantitative estimate of drug-likeness (QED) is 0.0719. The van der Waals surface area contributed by atoms with Crippen molar-refractivity contribution >= 4 is 153 Å². The van der Waals surface area contributed by atoms with Gasteiger partial charge in [0.15, 0.2) is 34.5 Å². The first-order valence-corrected chi connectivity index (χ1v) is 44.4. The van der Waals surface area contributed by atoms with Crippen LogP contribution in [0, 0.1) is 27.7 Å². The van der Waals surface area contributed by atoms with Gasteiger partial charge < -0.3 is 84.2 Å². The molecule has 32 nitrogen and oxygen atoms in total. The lowest BCUT2D eigenvalue weighted by Crippen LogP contribution is -2.52. The predicted molar refractivity (Wildman–Crippen MR) is 481 cm³/mol. The average Bonchev–Trinajstić information content (AvgIpc) is 1.63. The highest BCUT2D eigenvalue weighted by atomic mass is 32.1. The van der Waals surface area contributed by atoms with Crippen molar-refractivity contribution in [2.24, 2.45) is 0 Å². The van der Waals surface area contributed by atoms with Gasteiger partial charge in [-0.1, -0.05) is 0 Å². The minimum Gasteiger partial charge on any atom is -0.495 e. The number of amides is 4. The van der Waals surface area contributed by atoms with E-state index >= 15 is 0 Å². The first kappa shape index (κ1) is 84.5. The maximum atomic E-state index is 13.4. The Morgan fingerprint density at radius 2 is 0.850 bits per heavy atom. The number of fused-ring (bicyclic) bond motifs is 6. The minimum absolute atomic E-state index is 0.0184. The molecule has 0 saturated carbocycles. The van der Waals surface area contributed by atoms with E-state index in [-0.39, 0.29) is 23.6 Å². The summed E-state index contributed by atoms with van der Waals surface area (Å²) in [4.78, 5) is 125. The summed E-state index contributed by atoms with van der Waals surface area (Å²) in [5.41, 5.74) is 9.91. The van der Waals surface area contributed by atoms with Crippen molar-refractivity contribution < 1.29 is 28.7 Å². The summed E-state index contributed by atoms with van der Waals surface area (Å²) in [6, 6.07) is 19.3. The third kappa shape index (κ3) is 17.6. The van der Waals surface area contributed by atoms with Gasteiger partial charge >= 0.3 is 0 Å². The Morgan fingerprint density at radius 1 is 0.425 bits per heavy atom. The zero-order valence-electron chi connectivity index (χ0n) is 71.7. The van der Waals surface area contributed by atoms with Crippen molar-refractivity contribution in [3.8, 4) is 11.5 Å². The summed E-state index contributed by atoms with van der Waals surface area (Å²) in [5, 5.41) is 15.0. The van der Waals surface area contributed by atoms with Crippen molar-refractivity contribution in [2.45, 2.75) is 100 Å². The second kappa shape index (κ2) is 36.8. The highest BCUT2D eigenvalue weighted by Gasteiger charge is 2.39. The molecule has 120 heavy (non-hydrogen) atoms. The lowest BCUT2D eigenvalue weighted by atomic mass is 10.0. The van der Waals surface area contributed by atoms with Gasteiger partial charge in [-0.25, -0.2) is 29.9 Å². The van der Waals surface area contributed by atoms with Gasteiger partial charge in [0.2, 0.25) is 17.8 Å². The zero-order valence-corrected chi connectivity index (χ0v) is 74.2. The first-order chi connectivity index (χ1) is 58.0. The number of aromatic nitrogens is 9. The van der Waals surface area contributed by atoms with E-state index in [2.05, 4.69) is 162 Å². The van der Waals surface area contributed by atoms with Crippen LogP contribution in [0.2, 0.25) is 0 Å². The number of piperidine rings is 2. The third-order valence-corrected chi connectivity index (χ3v) is 26.9. The van der Waals surface area contributed by atoms with Crippen LogP contribution in [-0.2, 0) is 0 Å². The van der Waals surface area contributed by atoms with E-state index in [0.717, 1.165) is 163 Å². The topological polar surface area (TPSA) is 284 Å². The van der Waals surface area contributed by atoms with Crippen LogP contribution in [0.15, 0.2) is 73.2 Å². The van der Waals surface area contributed by atoms with Crippen LogP contribution < -0.4 is 64.6 Å². The highest BCUT2D eigenvalue weighted by Crippen LogP contribution is 2.47. The molecular formula is C85H112N26O6S3. The van der Waals surface area contributed by atoms with Gasteiger partial charge in [0.1, 0.15) is 43.6 Å². The Bertz CT molecular complexity index is 5200. The molecule has 0 radical (unpaired) electrons. The van der Waals surface area contributed by atoms with Crippen molar-refractivity contribution in [1.82, 2.24) is 74.3 Å². The maximum absolute atomic E-state index is 13.4. The number of anilines is 17. The van der Waals surface area contributed by atoms with E-state index in [1.807, 2.05) is 69.5 Å². The second-order valence-electron chi connectivity index (χ2n) is 31.4. The summed E-state index contributed by atoms with van der Waals surface area (Å²) in [6.45, 7) is 37.7. The van der Waals surface area contributed by atoms with Crippen LogP contribution in [0.4, 0.5) is 95.8 Å². The van der Waals surface area contributed by atoms with Crippen LogP contribution in [0.1, 0.15) is 123 Å². The molecule has 5 saturated heterocycles. The molecule has 636 valence electrons. The zero-order chi connectivity index (χ0) is 84.3. The number of benzene rings is 3. The fourth-order valence-corrected chi connectivity index (χ4v) is 20.0. The largest absolute Gasteiger partial charge is 0.495 e. The van der Waals surface area contributed by atoms with Crippen molar-refractivity contribution in [2.75, 3.05) is 235 Å². The number of likely N-dealkylation sites (tertiary alicyclic amines) is 1. The predicted octanol–water partition coefficient (Wildman–Crippen LogP) is 12.1. The molecule has 6 aromatic heterocycles. The van der Waals surface area contributed by atoms with E-state index in [1.165, 1.54) is 65.6 Å². The fourth-order valence-electron chi connectivity index (χ4n) is 17.1. The van der Waals surface area contributed by atoms with Gasteiger partial charge in [0.25, 0.3) is 23.6 Å². The van der Waals surface area contributed by atoms with E-state index in [0.29, 0.717) is 131 Å². The Labute approximate surface area is 715 Å². The highest BCUT2D eigenvalue weighted by molar-refractivity contribution is 7.17. The Balaban J connectivity index is 0.000000141. The molecular weight excluding hydrogens is 1580 g/mol. The standard InChI is InChI=1S/C30H39N9O3S.C30H41N9O2S.C25H32N8OS/c1-6-39-26-23(36(4)28(41)25-29(39)43-19(2)32-25)18-31-30(34-26)33-22-8-7-20(17-24(22)42-5)27(40)38-11-9-21(10-12-38)37-15-13-35(3)14-16-37;1-6-38-24-19-31-30(34-27(24)39(7-2)29-26(28(38)40)32-20(3)42-29)33-21-8-9-23(25(18-21)41-5)37-12-10-22(11-13-37)36-16-14-35(4)15-17-36;1-6-32-20-15-26-25(29-22(20)33(7-2)24-21(23(32)34)27-17(4)35-24)28-19-9-8-18(14-16(19)3)31-12-10-30(5)11-13-31/h7-8,17-18,21H,6,9-16H2,1-5H3,(H,31,33,34);8-9,18-19,22H,6-7,10-17H2,1-5H3,(H,31,33,34);8-9,14-15H,6-7,10-13H2,1-5H3,(H,26,28,29). The smallest absolute Gasteiger partial charge is 0.280 e. The summed E-state index contributed by atoms with van der Waals surface area (Å²) in [6.07, 6.45) is 9.45. The van der Waals surface area contributed by atoms with Crippen LogP contribution >= 0.6 is 34.0 Å². The number of hydrogen-bond donors (Lipinski definition) is 3. The summed E-state index contributed by atoms with van der Waals surface area (Å²) in [5.74, 6) is 4.30. The molecule has 0 aliphatic carbocycles. The molecule has 17 rings (SSSR count). The number of rotatable bonds is 18. The van der Waals surface area contributed by atoms with Gasteiger partial charge in [-0.3, -0.25) is 29.0 Å². The van der Waals surface area contributed by atoms with E-state index in [9.17, 15) is 19.2 Å². The van der Waals surface area contributed by atoms with Gasteiger partial charge in [-0.05, 0) is 163 Å². The molecule has 9 aromatic rings. The van der Waals surface area contributed by atoms with Gasteiger partial charge in [0, 0.05) is 185 Å². The monoisotopic (exact) mass is 1690 g/mol. The van der Waals surface area contributed by atoms with Crippen LogP contribution in [0.3, 0.4) is 0 Å². The van der Waals surface area contributed by atoms with Gasteiger partial charge in [-0.15, -0.1) is 34.0 Å². The average molecular weight is 1690 g/mol. The van der Waals surface area contributed by atoms with Crippen LogP contribution in [0.25, 0.3) is 0 Å². The number of thiazole rings is 3. The number of methoxy groups -OCH3 is 2. The maximum Gasteiger partial charge on any atom is 0.280 e. The summed E-state index contributed by atoms with van der Waals surface area (Å²) >= 11 is 4.51. The number of piperazine rings is 3. The second-order valence-corrected chi connectivity index (χ2v) is 35.0. The van der Waals surface area contributed by atoms with Crippen LogP contribution in [-0.4, -0.2) is 290 Å². The van der Waals surface area contributed by atoms with Crippen molar-refractivity contribution in [3.63, 3.8) is 0 Å². The summed E-state index contributed by atoms with van der Waals surface area (Å²) < 4.78 is 11.5. The number of likely N-dealkylation sites (N-methyl/N-ethyl adjacent to an activating group) is 3. The Morgan fingerprint density at radius 3 is 1.32 bits per heavy atom. The normalized spacial score (nSPS) is 17.8. The van der Waals surface area contributed by atoms with E-state index in [4.69, 9.17) is 24.4 Å². The molecule has 35 heteroatoms. The molecule has 0 bridgehead atoms. The lowest BCUT2D eigenvalue weighted by Gasteiger charge is -2.42. The van der Waals surface area contributed by atoms with Gasteiger partial charge in [0.05, 0.1) is 59.2 Å². The minimum atomic E-state index is -0.189. The Hall–Kier alpha value is -10.5. The molecule has 14 heterocycles. The number of aryl methyl sites for hydroxylation is 4. The molecule has 8 aliphatic rings. The van der Waals surface area contributed by atoms with Gasteiger partial charge in [-0.2, -0.15) is 15.0 Å². The fraction of sp³-hybridized carbons (Fsp3) is 0.494. The molecule has 3 aromatic carbocycles. The van der Waals surface area contributed by atoms with E-state index in [1.54, 1.807) is 60.6 Å². The number of hydrogen-bond acceptors (Lipinski definition) is 31. The molecule has 3 N–H and O–H groups in total. The van der Waals surface area contributed by atoms with E-state index < -0.39 is 0 Å². The number of carbonyl (C=O) groups is 4. The first-order valence-electron chi connectivity index (χ1n) is 41.9. The molecule has 8 aliphatic heterocycles.